The molecule has 2 heterocycles. The van der Waals surface area contributed by atoms with Gasteiger partial charge in [0.25, 0.3) is 0 Å². The lowest BCUT2D eigenvalue weighted by Gasteiger charge is -2.14. The molecule has 11 heavy (non-hydrogen) atoms. The van der Waals surface area contributed by atoms with Gasteiger partial charge in [-0.2, -0.15) is 0 Å². The first-order valence-corrected chi connectivity index (χ1v) is 3.51. The third kappa shape index (κ3) is 1.05. The number of hydrogen-bond donors (Lipinski definition) is 2. The van der Waals surface area contributed by atoms with Crippen molar-refractivity contribution < 1.29 is 0 Å². The summed E-state index contributed by atoms with van der Waals surface area (Å²) in [5.41, 5.74) is 8.42. The first-order chi connectivity index (χ1) is 5.36. The van der Waals surface area contributed by atoms with Crippen molar-refractivity contribution in [3.63, 3.8) is 0 Å². The number of hydrogen-bond acceptors (Lipinski definition) is 3. The Bertz CT molecular complexity index is 304. The second-order valence-electron chi connectivity index (χ2n) is 2.51. The monoisotopic (exact) mass is 147 g/mol. The molecule has 0 saturated carbocycles. The van der Waals surface area contributed by atoms with Crippen molar-refractivity contribution in [3.05, 3.63) is 29.7 Å². The highest BCUT2D eigenvalue weighted by Gasteiger charge is 2.05. The third-order valence-corrected chi connectivity index (χ3v) is 1.64. The number of fused-ring (bicyclic) bond motifs is 1. The van der Waals surface area contributed by atoms with Crippen LogP contribution in [0.3, 0.4) is 0 Å². The summed E-state index contributed by atoms with van der Waals surface area (Å²) in [6.07, 6.45) is 3.65. The van der Waals surface area contributed by atoms with Crippen LogP contribution in [0.2, 0.25) is 0 Å². The molecule has 0 amide bonds. The minimum absolute atomic E-state index is 0.721. The summed E-state index contributed by atoms with van der Waals surface area (Å²) in [7, 11) is 0. The molecule has 0 bridgehead atoms. The Balaban J connectivity index is 2.51. The van der Waals surface area contributed by atoms with Gasteiger partial charge in [-0.25, -0.2) is 0 Å². The maximum atomic E-state index is 5.61. The van der Waals surface area contributed by atoms with Gasteiger partial charge >= 0.3 is 0 Å². The Labute approximate surface area is 64.9 Å². The summed E-state index contributed by atoms with van der Waals surface area (Å²) >= 11 is 0. The fourth-order valence-electron chi connectivity index (χ4n) is 1.11. The highest BCUT2D eigenvalue weighted by molar-refractivity contribution is 5.68. The average Bonchev–Trinajstić information content (AvgIpc) is 2.04. The Kier molecular flexibility index (Phi) is 1.28. The van der Waals surface area contributed by atoms with Crippen molar-refractivity contribution in [3.8, 4) is 0 Å². The van der Waals surface area contributed by atoms with Gasteiger partial charge in [-0.15, -0.1) is 0 Å². The summed E-state index contributed by atoms with van der Waals surface area (Å²) < 4.78 is 0. The number of anilines is 1. The van der Waals surface area contributed by atoms with Gasteiger partial charge in [0.2, 0.25) is 0 Å². The van der Waals surface area contributed by atoms with Crippen molar-refractivity contribution >= 4 is 11.8 Å². The molecular formula is C8H9N3. The van der Waals surface area contributed by atoms with Gasteiger partial charge in [-0.3, -0.25) is 4.98 Å². The number of pyridine rings is 1. The summed E-state index contributed by atoms with van der Waals surface area (Å²) in [5, 5.41) is 3.16. The largest absolute Gasteiger partial charge is 0.401 e. The lowest BCUT2D eigenvalue weighted by Crippen LogP contribution is -2.16. The normalized spacial score (nSPS) is 14.7. The van der Waals surface area contributed by atoms with Crippen molar-refractivity contribution in [1.29, 1.82) is 0 Å². The van der Waals surface area contributed by atoms with Crippen LogP contribution in [-0.4, -0.2) is 11.5 Å². The smallest absolute Gasteiger partial charge is 0.0878 e. The second-order valence-corrected chi connectivity index (χ2v) is 2.51. The molecule has 0 spiro atoms. The number of rotatable bonds is 0. The number of aromatic nitrogens is 1. The Morgan fingerprint density at radius 2 is 2.45 bits per heavy atom. The van der Waals surface area contributed by atoms with Crippen LogP contribution in [-0.2, 0) is 0 Å². The molecule has 0 unspecified atom stereocenters. The number of nitrogens with zero attached hydrogens (tertiary/aromatic N) is 1. The molecule has 0 saturated heterocycles. The van der Waals surface area contributed by atoms with E-state index in [1.165, 1.54) is 0 Å². The van der Waals surface area contributed by atoms with Gasteiger partial charge in [0.1, 0.15) is 0 Å². The van der Waals surface area contributed by atoms with E-state index < -0.39 is 0 Å². The molecule has 1 aliphatic heterocycles. The number of nitrogens with one attached hydrogen (secondary N) is 1. The van der Waals surface area contributed by atoms with Crippen molar-refractivity contribution in [2.24, 2.45) is 5.73 Å². The molecule has 0 aliphatic carbocycles. The van der Waals surface area contributed by atoms with E-state index in [1.807, 2.05) is 18.2 Å². The molecule has 56 valence electrons. The van der Waals surface area contributed by atoms with Crippen LogP contribution in [0.25, 0.3) is 6.08 Å². The van der Waals surface area contributed by atoms with Gasteiger partial charge in [-0.05, 0) is 18.2 Å². The van der Waals surface area contributed by atoms with Crippen LogP contribution < -0.4 is 11.1 Å². The zero-order valence-corrected chi connectivity index (χ0v) is 6.04. The summed E-state index contributed by atoms with van der Waals surface area (Å²) in [4.78, 5) is 4.15. The van der Waals surface area contributed by atoms with Gasteiger partial charge < -0.3 is 11.1 Å². The van der Waals surface area contributed by atoms with Crippen LogP contribution in [0.15, 0.2) is 24.0 Å². The summed E-state index contributed by atoms with van der Waals surface area (Å²) in [6, 6.07) is 3.90. The van der Waals surface area contributed by atoms with Gasteiger partial charge in [-0.1, -0.05) is 0 Å². The maximum Gasteiger partial charge on any atom is 0.0878 e. The van der Waals surface area contributed by atoms with E-state index in [0.29, 0.717) is 0 Å². The van der Waals surface area contributed by atoms with Crippen LogP contribution >= 0.6 is 0 Å². The quantitative estimate of drug-likeness (QED) is 0.571. The minimum Gasteiger partial charge on any atom is -0.401 e. The Morgan fingerprint density at radius 3 is 3.36 bits per heavy atom. The molecule has 1 aromatic heterocycles. The summed E-state index contributed by atoms with van der Waals surface area (Å²) in [5.74, 6) is 0. The molecule has 0 atom stereocenters. The molecule has 1 aromatic rings. The van der Waals surface area contributed by atoms with E-state index in [4.69, 9.17) is 5.73 Å². The maximum absolute atomic E-state index is 5.61. The van der Waals surface area contributed by atoms with Gasteiger partial charge in [0.15, 0.2) is 0 Å². The number of nitrogens with two attached hydrogens (primary N) is 1. The standard InChI is InChI=1S/C8H9N3/c9-6-4-8-7(11-5-6)2-1-3-10-8/h1-4,11H,5,9H2. The molecule has 2 rings (SSSR count). The van der Waals surface area contributed by atoms with Crippen LogP contribution in [0.1, 0.15) is 5.69 Å². The van der Waals surface area contributed by atoms with Gasteiger partial charge in [0, 0.05) is 11.9 Å². The van der Waals surface area contributed by atoms with E-state index in [9.17, 15) is 0 Å². The molecular weight excluding hydrogens is 138 g/mol. The molecule has 1 aliphatic rings. The first-order valence-electron chi connectivity index (χ1n) is 3.51. The molecule has 0 fully saturated rings. The molecule has 0 aromatic carbocycles. The highest BCUT2D eigenvalue weighted by atomic mass is 14.9. The van der Waals surface area contributed by atoms with Crippen molar-refractivity contribution in [1.82, 2.24) is 4.98 Å². The zero-order valence-electron chi connectivity index (χ0n) is 6.04. The van der Waals surface area contributed by atoms with E-state index >= 15 is 0 Å². The van der Waals surface area contributed by atoms with E-state index in [0.717, 1.165) is 23.6 Å². The Morgan fingerprint density at radius 1 is 1.55 bits per heavy atom. The van der Waals surface area contributed by atoms with Crippen molar-refractivity contribution in [2.75, 3.05) is 11.9 Å². The minimum atomic E-state index is 0.721. The van der Waals surface area contributed by atoms with Crippen LogP contribution in [0, 0.1) is 0 Å². The fraction of sp³-hybridized carbons (Fsp3) is 0.125. The topological polar surface area (TPSA) is 50.9 Å². The van der Waals surface area contributed by atoms with E-state index in [2.05, 4.69) is 10.3 Å². The Hall–Kier alpha value is -1.51. The van der Waals surface area contributed by atoms with Gasteiger partial charge in [0.05, 0.1) is 17.9 Å². The van der Waals surface area contributed by atoms with E-state index in [1.54, 1.807) is 6.20 Å². The first kappa shape index (κ1) is 6.22. The van der Waals surface area contributed by atoms with Crippen LogP contribution in [0.4, 0.5) is 5.69 Å². The molecule has 3 N–H and O–H groups in total. The third-order valence-electron chi connectivity index (χ3n) is 1.64. The van der Waals surface area contributed by atoms with E-state index in [-0.39, 0.29) is 0 Å². The van der Waals surface area contributed by atoms with Crippen LogP contribution in [0.5, 0.6) is 0 Å². The highest BCUT2D eigenvalue weighted by Crippen LogP contribution is 2.18. The molecule has 3 heteroatoms. The average molecular weight is 147 g/mol. The summed E-state index contributed by atoms with van der Waals surface area (Å²) in [6.45, 7) is 0.721. The second kappa shape index (κ2) is 2.27. The fourth-order valence-corrected chi connectivity index (χ4v) is 1.11. The zero-order chi connectivity index (χ0) is 7.68. The van der Waals surface area contributed by atoms with Crippen molar-refractivity contribution in [2.45, 2.75) is 0 Å². The SMILES string of the molecule is NC1=Cc2ncccc2NC1. The lowest BCUT2D eigenvalue weighted by atomic mass is 10.2. The predicted octanol–water partition coefficient (Wildman–Crippen LogP) is 0.807. The predicted molar refractivity (Wildman–Crippen MR) is 44.9 cm³/mol. The molecule has 0 radical (unpaired) electrons. The molecule has 3 nitrogen and oxygen atoms in total. The lowest BCUT2D eigenvalue weighted by molar-refractivity contribution is 1.13.